The number of hydrogen-bond acceptors (Lipinski definition) is 5. The minimum atomic E-state index is 0.856. The van der Waals surface area contributed by atoms with E-state index < -0.39 is 0 Å². The van der Waals surface area contributed by atoms with Crippen LogP contribution in [0.2, 0.25) is 0 Å². The normalized spacial score (nSPS) is 16.8. The summed E-state index contributed by atoms with van der Waals surface area (Å²) in [6.45, 7) is 8.63. The fourth-order valence-corrected chi connectivity index (χ4v) is 3.44. The fourth-order valence-electron chi connectivity index (χ4n) is 2.72. The van der Waals surface area contributed by atoms with Gasteiger partial charge in [0.1, 0.15) is 0 Å². The summed E-state index contributed by atoms with van der Waals surface area (Å²) < 4.78 is 0. The zero-order valence-corrected chi connectivity index (χ0v) is 14.2. The minimum absolute atomic E-state index is 0.856. The van der Waals surface area contributed by atoms with Gasteiger partial charge in [0.25, 0.3) is 0 Å². The van der Waals surface area contributed by atoms with Crippen LogP contribution in [0.3, 0.4) is 0 Å². The van der Waals surface area contributed by atoms with Crippen molar-refractivity contribution in [1.29, 1.82) is 0 Å². The average Bonchev–Trinajstić information content (AvgIpc) is 2.93. The number of nitrogens with zero attached hydrogens (tertiary/aromatic N) is 3. The Kier molecular flexibility index (Phi) is 5.08. The molecule has 0 radical (unpaired) electrons. The zero-order chi connectivity index (χ0) is 15.4. The van der Waals surface area contributed by atoms with Crippen LogP contribution in [0.25, 0.3) is 0 Å². The number of hydrogen-bond donors (Lipinski definition) is 1. The van der Waals surface area contributed by atoms with E-state index in [0.29, 0.717) is 0 Å². The Morgan fingerprint density at radius 3 is 2.77 bits per heavy atom. The van der Waals surface area contributed by atoms with E-state index in [4.69, 9.17) is 0 Å². The van der Waals surface area contributed by atoms with Crippen molar-refractivity contribution in [1.82, 2.24) is 14.8 Å². The first kappa shape index (κ1) is 15.5. The molecule has 1 aromatic carbocycles. The highest BCUT2D eigenvalue weighted by Gasteiger charge is 2.13. The number of benzene rings is 1. The third-order valence-electron chi connectivity index (χ3n) is 4.23. The third-order valence-corrected chi connectivity index (χ3v) is 5.16. The molecule has 118 valence electrons. The van der Waals surface area contributed by atoms with E-state index in [1.165, 1.54) is 29.2 Å². The predicted octanol–water partition coefficient (Wildman–Crippen LogP) is 2.81. The van der Waals surface area contributed by atoms with E-state index in [1.807, 2.05) is 5.51 Å². The van der Waals surface area contributed by atoms with E-state index in [1.54, 1.807) is 11.3 Å². The lowest BCUT2D eigenvalue weighted by Gasteiger charge is -2.32. The number of piperazine rings is 1. The minimum Gasteiger partial charge on any atom is -0.380 e. The van der Waals surface area contributed by atoms with Crippen LogP contribution in [0.15, 0.2) is 29.8 Å². The SMILES string of the molecule is Cc1ncsc1CNc1cccc(CN2CCN(C)CC2)c1. The standard InChI is InChI=1S/C17H24N4S/c1-14-17(22-13-19-14)11-18-16-5-3-4-15(10-16)12-21-8-6-20(2)7-9-21/h3-5,10,13,18H,6-9,11-12H2,1-2H3. The summed E-state index contributed by atoms with van der Waals surface area (Å²) in [5, 5.41) is 3.52. The van der Waals surface area contributed by atoms with Crippen LogP contribution >= 0.6 is 11.3 Å². The maximum atomic E-state index is 4.30. The van der Waals surface area contributed by atoms with Crippen LogP contribution in [-0.4, -0.2) is 48.0 Å². The smallest absolute Gasteiger partial charge is 0.0798 e. The van der Waals surface area contributed by atoms with Crippen molar-refractivity contribution < 1.29 is 0 Å². The van der Waals surface area contributed by atoms with E-state index in [2.05, 4.69) is 58.3 Å². The Hall–Kier alpha value is -1.43. The van der Waals surface area contributed by atoms with Crippen LogP contribution < -0.4 is 5.32 Å². The number of nitrogens with one attached hydrogen (secondary N) is 1. The van der Waals surface area contributed by atoms with Gasteiger partial charge in [0.05, 0.1) is 17.7 Å². The van der Waals surface area contributed by atoms with Gasteiger partial charge in [-0.15, -0.1) is 11.3 Å². The topological polar surface area (TPSA) is 31.4 Å². The highest BCUT2D eigenvalue weighted by molar-refractivity contribution is 7.09. The first-order valence-corrected chi connectivity index (χ1v) is 8.71. The number of rotatable bonds is 5. The lowest BCUT2D eigenvalue weighted by Crippen LogP contribution is -2.43. The summed E-state index contributed by atoms with van der Waals surface area (Å²) in [6, 6.07) is 8.78. The molecule has 0 saturated carbocycles. The van der Waals surface area contributed by atoms with Crippen LogP contribution in [0.1, 0.15) is 16.1 Å². The van der Waals surface area contributed by atoms with Crippen molar-refractivity contribution in [3.8, 4) is 0 Å². The van der Waals surface area contributed by atoms with Crippen molar-refractivity contribution in [2.24, 2.45) is 0 Å². The van der Waals surface area contributed by atoms with Gasteiger partial charge in [0.2, 0.25) is 0 Å². The molecule has 0 spiro atoms. The first-order valence-electron chi connectivity index (χ1n) is 7.83. The first-order chi connectivity index (χ1) is 10.7. The number of anilines is 1. The molecular weight excluding hydrogens is 292 g/mol. The molecular formula is C17H24N4S. The van der Waals surface area contributed by atoms with Crippen LogP contribution in [0, 0.1) is 6.92 Å². The van der Waals surface area contributed by atoms with Crippen molar-refractivity contribution in [3.05, 3.63) is 45.9 Å². The highest BCUT2D eigenvalue weighted by Crippen LogP contribution is 2.17. The van der Waals surface area contributed by atoms with Crippen molar-refractivity contribution in [2.45, 2.75) is 20.0 Å². The Morgan fingerprint density at radius 1 is 1.23 bits per heavy atom. The lowest BCUT2D eigenvalue weighted by molar-refractivity contribution is 0.148. The predicted molar refractivity (Wildman–Crippen MR) is 93.4 cm³/mol. The summed E-state index contributed by atoms with van der Waals surface area (Å²) in [7, 11) is 2.20. The maximum Gasteiger partial charge on any atom is 0.0798 e. The molecule has 0 unspecified atom stereocenters. The van der Waals surface area contributed by atoms with Gasteiger partial charge < -0.3 is 10.2 Å². The molecule has 0 aliphatic carbocycles. The Morgan fingerprint density at radius 2 is 2.05 bits per heavy atom. The van der Waals surface area contributed by atoms with Gasteiger partial charge in [-0.1, -0.05) is 12.1 Å². The fraction of sp³-hybridized carbons (Fsp3) is 0.471. The Bertz CT molecular complexity index is 602. The Balaban J connectivity index is 1.57. The van der Waals surface area contributed by atoms with Crippen molar-refractivity contribution in [2.75, 3.05) is 38.5 Å². The molecule has 5 heteroatoms. The monoisotopic (exact) mass is 316 g/mol. The maximum absolute atomic E-state index is 4.30. The molecule has 1 aromatic heterocycles. The summed E-state index contributed by atoms with van der Waals surface area (Å²) >= 11 is 1.72. The molecule has 0 atom stereocenters. The molecule has 0 bridgehead atoms. The number of aryl methyl sites for hydroxylation is 1. The quantitative estimate of drug-likeness (QED) is 0.919. The molecule has 1 fully saturated rings. The highest BCUT2D eigenvalue weighted by atomic mass is 32.1. The summed E-state index contributed by atoms with van der Waals surface area (Å²) in [6.07, 6.45) is 0. The van der Waals surface area contributed by atoms with Gasteiger partial charge in [0, 0.05) is 43.3 Å². The molecule has 0 amide bonds. The average molecular weight is 316 g/mol. The number of thiazole rings is 1. The van der Waals surface area contributed by atoms with Crippen LogP contribution in [0.5, 0.6) is 0 Å². The summed E-state index contributed by atoms with van der Waals surface area (Å²) in [5.41, 5.74) is 5.62. The number of aromatic nitrogens is 1. The summed E-state index contributed by atoms with van der Waals surface area (Å²) in [5.74, 6) is 0. The number of likely N-dealkylation sites (N-methyl/N-ethyl adjacent to an activating group) is 1. The van der Waals surface area contributed by atoms with E-state index in [9.17, 15) is 0 Å². The second kappa shape index (κ2) is 7.22. The van der Waals surface area contributed by atoms with Gasteiger partial charge >= 0.3 is 0 Å². The van der Waals surface area contributed by atoms with Gasteiger partial charge in [-0.05, 0) is 31.7 Å². The molecule has 1 aliphatic rings. The molecule has 2 aromatic rings. The van der Waals surface area contributed by atoms with E-state index in [-0.39, 0.29) is 0 Å². The molecule has 4 nitrogen and oxygen atoms in total. The van der Waals surface area contributed by atoms with Crippen molar-refractivity contribution in [3.63, 3.8) is 0 Å². The molecule has 3 rings (SSSR count). The van der Waals surface area contributed by atoms with Gasteiger partial charge in [0.15, 0.2) is 0 Å². The van der Waals surface area contributed by atoms with E-state index >= 15 is 0 Å². The van der Waals surface area contributed by atoms with Crippen LogP contribution in [0.4, 0.5) is 5.69 Å². The Labute approximate surface area is 136 Å². The van der Waals surface area contributed by atoms with Gasteiger partial charge in [-0.3, -0.25) is 4.90 Å². The molecule has 1 N–H and O–H groups in total. The molecule has 2 heterocycles. The summed E-state index contributed by atoms with van der Waals surface area (Å²) in [4.78, 5) is 10.5. The van der Waals surface area contributed by atoms with Gasteiger partial charge in [-0.25, -0.2) is 4.98 Å². The second-order valence-corrected chi connectivity index (χ2v) is 6.93. The third kappa shape index (κ3) is 4.06. The van der Waals surface area contributed by atoms with E-state index in [0.717, 1.165) is 31.9 Å². The lowest BCUT2D eigenvalue weighted by atomic mass is 10.1. The molecule has 1 saturated heterocycles. The van der Waals surface area contributed by atoms with Gasteiger partial charge in [-0.2, -0.15) is 0 Å². The van der Waals surface area contributed by atoms with Crippen LogP contribution in [-0.2, 0) is 13.1 Å². The second-order valence-electron chi connectivity index (χ2n) is 5.99. The molecule has 22 heavy (non-hydrogen) atoms. The largest absolute Gasteiger partial charge is 0.380 e. The zero-order valence-electron chi connectivity index (χ0n) is 13.4. The van der Waals surface area contributed by atoms with Crippen molar-refractivity contribution >= 4 is 17.0 Å². The molecule has 1 aliphatic heterocycles.